The number of phenols is 2. The Balaban J connectivity index is 1.81. The number of amides is 1. The van der Waals surface area contributed by atoms with Gasteiger partial charge in [-0.2, -0.15) is 0 Å². The van der Waals surface area contributed by atoms with Gasteiger partial charge >= 0.3 is 0 Å². The van der Waals surface area contributed by atoms with Crippen molar-refractivity contribution in [3.05, 3.63) is 58.5 Å². The highest BCUT2D eigenvalue weighted by Crippen LogP contribution is 2.34. The molecule has 3 N–H and O–H groups in total. The molecule has 122 valence electrons. The lowest BCUT2D eigenvalue weighted by Crippen LogP contribution is -2.33. The molecule has 1 aliphatic rings. The van der Waals surface area contributed by atoms with Crippen molar-refractivity contribution in [3.63, 3.8) is 0 Å². The number of hydrazine groups is 1. The number of thiocarbonyl (C=S) groups is 1. The van der Waals surface area contributed by atoms with Crippen molar-refractivity contribution in [2.45, 2.75) is 6.92 Å². The zero-order valence-corrected chi connectivity index (χ0v) is 14.3. The molecule has 0 radical (unpaired) electrons. The van der Waals surface area contributed by atoms with E-state index >= 15 is 0 Å². The maximum Gasteiger partial charge on any atom is 0.285 e. The van der Waals surface area contributed by atoms with E-state index in [0.717, 1.165) is 11.3 Å². The van der Waals surface area contributed by atoms with Gasteiger partial charge in [0.1, 0.15) is 0 Å². The highest BCUT2D eigenvalue weighted by molar-refractivity contribution is 8.26. The Kier molecular flexibility index (Phi) is 4.46. The molecule has 0 unspecified atom stereocenters. The lowest BCUT2D eigenvalue weighted by Gasteiger charge is -2.17. The molecule has 1 aliphatic heterocycles. The van der Waals surface area contributed by atoms with E-state index in [2.05, 4.69) is 5.43 Å². The summed E-state index contributed by atoms with van der Waals surface area (Å²) in [5.41, 5.74) is 5.48. The fraction of sp³-hybridized carbons (Fsp3) is 0.0588. The molecule has 1 saturated heterocycles. The third kappa shape index (κ3) is 3.37. The topological polar surface area (TPSA) is 72.8 Å². The zero-order chi connectivity index (χ0) is 17.3. The van der Waals surface area contributed by atoms with Gasteiger partial charge in [0.2, 0.25) is 0 Å². The Morgan fingerprint density at radius 3 is 2.50 bits per heavy atom. The van der Waals surface area contributed by atoms with E-state index in [9.17, 15) is 15.0 Å². The monoisotopic (exact) mass is 358 g/mol. The summed E-state index contributed by atoms with van der Waals surface area (Å²) in [6.07, 6.45) is 1.62. The van der Waals surface area contributed by atoms with E-state index in [1.54, 1.807) is 12.1 Å². The molecule has 3 rings (SSSR count). The number of nitrogens with zero attached hydrogens (tertiary/aromatic N) is 1. The van der Waals surface area contributed by atoms with Gasteiger partial charge in [0.05, 0.1) is 10.6 Å². The Morgan fingerprint density at radius 2 is 1.83 bits per heavy atom. The minimum Gasteiger partial charge on any atom is -0.504 e. The summed E-state index contributed by atoms with van der Waals surface area (Å²) >= 11 is 6.43. The van der Waals surface area contributed by atoms with Gasteiger partial charge in [-0.25, -0.2) is 5.01 Å². The summed E-state index contributed by atoms with van der Waals surface area (Å²) in [4.78, 5) is 13.0. The normalized spacial score (nSPS) is 16.0. The van der Waals surface area contributed by atoms with Crippen LogP contribution >= 0.6 is 24.0 Å². The largest absolute Gasteiger partial charge is 0.504 e. The zero-order valence-electron chi connectivity index (χ0n) is 12.7. The molecule has 1 heterocycles. The van der Waals surface area contributed by atoms with Crippen molar-refractivity contribution in [2.75, 3.05) is 5.43 Å². The summed E-state index contributed by atoms with van der Waals surface area (Å²) in [5, 5.41) is 20.2. The van der Waals surface area contributed by atoms with Crippen LogP contribution in [0.2, 0.25) is 0 Å². The second-order valence-electron chi connectivity index (χ2n) is 5.24. The molecule has 2 aromatic rings. The first-order valence-corrected chi connectivity index (χ1v) is 8.30. The van der Waals surface area contributed by atoms with E-state index in [1.165, 1.54) is 28.9 Å². The highest BCUT2D eigenvalue weighted by atomic mass is 32.2. The second-order valence-corrected chi connectivity index (χ2v) is 6.92. The van der Waals surface area contributed by atoms with Crippen molar-refractivity contribution < 1.29 is 15.0 Å². The summed E-state index contributed by atoms with van der Waals surface area (Å²) in [6, 6.07) is 12.0. The van der Waals surface area contributed by atoms with Crippen LogP contribution in [0.5, 0.6) is 11.5 Å². The molecule has 2 aromatic carbocycles. The number of rotatable bonds is 3. The second kappa shape index (κ2) is 6.54. The molecule has 7 heteroatoms. The number of nitrogens with one attached hydrogen (secondary N) is 1. The number of carbonyl (C=O) groups excluding carboxylic acids is 1. The smallest absolute Gasteiger partial charge is 0.285 e. The minimum absolute atomic E-state index is 0.208. The number of aryl methyl sites for hydroxylation is 1. The van der Waals surface area contributed by atoms with Crippen LogP contribution in [0.3, 0.4) is 0 Å². The lowest BCUT2D eigenvalue weighted by atomic mass is 10.2. The lowest BCUT2D eigenvalue weighted by molar-refractivity contribution is -0.121. The fourth-order valence-corrected chi connectivity index (χ4v) is 3.28. The average molecular weight is 358 g/mol. The van der Waals surface area contributed by atoms with Crippen molar-refractivity contribution >= 4 is 46.0 Å². The van der Waals surface area contributed by atoms with E-state index < -0.39 is 0 Å². The maximum atomic E-state index is 12.5. The van der Waals surface area contributed by atoms with Gasteiger partial charge in [-0.15, -0.1) is 0 Å². The van der Waals surface area contributed by atoms with Crippen LogP contribution in [0.4, 0.5) is 5.69 Å². The molecule has 1 fully saturated rings. The van der Waals surface area contributed by atoms with Crippen LogP contribution in [0, 0.1) is 6.92 Å². The van der Waals surface area contributed by atoms with Crippen LogP contribution in [0.15, 0.2) is 47.4 Å². The first-order valence-electron chi connectivity index (χ1n) is 7.07. The van der Waals surface area contributed by atoms with Crippen LogP contribution in [0.1, 0.15) is 11.1 Å². The maximum absolute atomic E-state index is 12.5. The van der Waals surface area contributed by atoms with Crippen LogP contribution in [-0.2, 0) is 4.79 Å². The van der Waals surface area contributed by atoms with Crippen LogP contribution in [-0.4, -0.2) is 25.4 Å². The summed E-state index contributed by atoms with van der Waals surface area (Å²) in [5.74, 6) is -0.712. The number of carbonyl (C=O) groups is 1. The van der Waals surface area contributed by atoms with Crippen molar-refractivity contribution in [1.29, 1.82) is 0 Å². The number of anilines is 1. The predicted octanol–water partition coefficient (Wildman–Crippen LogP) is 3.63. The third-order valence-electron chi connectivity index (χ3n) is 3.38. The number of hydrogen-bond acceptors (Lipinski definition) is 6. The SMILES string of the molecule is Cc1ccc(NN2C(=O)/C(=C\c3ccc(O)c(O)c3)SC2=S)cc1. The summed E-state index contributed by atoms with van der Waals surface area (Å²) < 4.78 is 0.398. The molecule has 0 bridgehead atoms. The van der Waals surface area contributed by atoms with Gasteiger partial charge in [0.25, 0.3) is 5.91 Å². The quantitative estimate of drug-likeness (QED) is 0.442. The average Bonchev–Trinajstić information content (AvgIpc) is 2.80. The number of thioether (sulfide) groups is 1. The number of phenolic OH excluding ortho intramolecular Hbond substituents is 2. The van der Waals surface area contributed by atoms with E-state index in [4.69, 9.17) is 12.2 Å². The highest BCUT2D eigenvalue weighted by Gasteiger charge is 2.32. The fourth-order valence-electron chi connectivity index (χ4n) is 2.10. The molecule has 0 saturated carbocycles. The number of benzene rings is 2. The van der Waals surface area contributed by atoms with E-state index in [1.807, 2.05) is 31.2 Å². The Hall–Kier alpha value is -2.51. The Bertz CT molecular complexity index is 847. The molecule has 1 amide bonds. The van der Waals surface area contributed by atoms with Crippen molar-refractivity contribution in [3.8, 4) is 11.5 Å². The molecule has 24 heavy (non-hydrogen) atoms. The molecule has 5 nitrogen and oxygen atoms in total. The van der Waals surface area contributed by atoms with E-state index in [0.29, 0.717) is 14.8 Å². The number of hydrogen-bond donors (Lipinski definition) is 3. The van der Waals surface area contributed by atoms with E-state index in [-0.39, 0.29) is 17.4 Å². The molecular weight excluding hydrogens is 344 g/mol. The molecule has 0 atom stereocenters. The molecular formula is C17H14N2O3S2. The first-order chi connectivity index (χ1) is 11.4. The predicted molar refractivity (Wildman–Crippen MR) is 99.6 cm³/mol. The van der Waals surface area contributed by atoms with Crippen molar-refractivity contribution in [1.82, 2.24) is 5.01 Å². The number of aromatic hydroxyl groups is 2. The molecule has 0 spiro atoms. The van der Waals surface area contributed by atoms with Gasteiger partial charge in [-0.1, -0.05) is 35.5 Å². The Labute approximate surface area is 148 Å². The summed E-state index contributed by atoms with van der Waals surface area (Å²) in [7, 11) is 0. The molecule has 0 aliphatic carbocycles. The Morgan fingerprint density at radius 1 is 1.12 bits per heavy atom. The van der Waals surface area contributed by atoms with Gasteiger partial charge in [0, 0.05) is 0 Å². The summed E-state index contributed by atoms with van der Waals surface area (Å²) in [6.45, 7) is 1.99. The van der Waals surface area contributed by atoms with Gasteiger partial charge < -0.3 is 10.2 Å². The standard InChI is InChI=1S/C17H14N2O3S2/c1-10-2-5-12(6-3-10)18-19-16(22)15(24-17(19)23)9-11-4-7-13(20)14(21)8-11/h2-9,18,20-21H,1H3/b15-9+. The van der Waals surface area contributed by atoms with Crippen LogP contribution < -0.4 is 5.43 Å². The van der Waals surface area contributed by atoms with Crippen molar-refractivity contribution in [2.24, 2.45) is 0 Å². The third-order valence-corrected chi connectivity index (χ3v) is 4.69. The van der Waals surface area contributed by atoms with Gasteiger partial charge in [-0.05, 0) is 55.0 Å². The van der Waals surface area contributed by atoms with Gasteiger partial charge in [-0.3, -0.25) is 10.2 Å². The van der Waals surface area contributed by atoms with Crippen LogP contribution in [0.25, 0.3) is 6.08 Å². The van der Waals surface area contributed by atoms with Gasteiger partial charge in [0.15, 0.2) is 15.8 Å². The minimum atomic E-state index is -0.266. The first kappa shape index (κ1) is 16.4. The molecule has 0 aromatic heterocycles.